The first kappa shape index (κ1) is 27.1. The van der Waals surface area contributed by atoms with E-state index in [-0.39, 0.29) is 17.6 Å². The highest BCUT2D eigenvalue weighted by Gasteiger charge is 2.30. The molecule has 0 aromatic heterocycles. The summed E-state index contributed by atoms with van der Waals surface area (Å²) in [6.07, 6.45) is 0.436. The Bertz CT molecular complexity index is 1120. The lowest BCUT2D eigenvalue weighted by molar-refractivity contribution is -0.139. The molecule has 0 radical (unpaired) electrons. The van der Waals surface area contributed by atoms with Crippen molar-refractivity contribution in [1.82, 2.24) is 10.2 Å². The number of thioether (sulfide) groups is 1. The Morgan fingerprint density at radius 3 is 2.26 bits per heavy atom. The quantitative estimate of drug-likeness (QED) is 0.317. The largest absolute Gasteiger partial charge is 0.355 e. The van der Waals surface area contributed by atoms with E-state index in [4.69, 9.17) is 23.2 Å². The summed E-state index contributed by atoms with van der Waals surface area (Å²) in [6, 6.07) is 22.6. The Labute approximate surface area is 222 Å². The van der Waals surface area contributed by atoms with Crippen molar-refractivity contribution in [2.24, 2.45) is 0 Å². The third-order valence-electron chi connectivity index (χ3n) is 5.59. The molecule has 1 atom stereocenters. The van der Waals surface area contributed by atoms with Crippen molar-refractivity contribution in [3.05, 3.63) is 105 Å². The number of carbonyl (C=O) groups excluding carboxylic acids is 2. The molecule has 0 saturated heterocycles. The third kappa shape index (κ3) is 8.03. The summed E-state index contributed by atoms with van der Waals surface area (Å²) in [7, 11) is 0. The third-order valence-corrected chi connectivity index (χ3v) is 7.24. The van der Waals surface area contributed by atoms with Crippen molar-refractivity contribution in [3.8, 4) is 0 Å². The molecule has 3 aromatic rings. The first-order valence-electron chi connectivity index (χ1n) is 11.6. The van der Waals surface area contributed by atoms with Gasteiger partial charge in [-0.1, -0.05) is 89.4 Å². The van der Waals surface area contributed by atoms with Gasteiger partial charge < -0.3 is 10.2 Å². The van der Waals surface area contributed by atoms with Crippen LogP contribution in [-0.4, -0.2) is 35.1 Å². The lowest BCUT2D eigenvalue weighted by Crippen LogP contribution is -2.51. The summed E-state index contributed by atoms with van der Waals surface area (Å²) in [5.41, 5.74) is 3.90. The van der Waals surface area contributed by atoms with Gasteiger partial charge in [-0.25, -0.2) is 0 Å². The molecule has 2 amide bonds. The van der Waals surface area contributed by atoms with Crippen molar-refractivity contribution in [2.45, 2.75) is 38.6 Å². The highest BCUT2D eigenvalue weighted by Crippen LogP contribution is 2.28. The maximum Gasteiger partial charge on any atom is 0.243 e. The van der Waals surface area contributed by atoms with Gasteiger partial charge in [-0.05, 0) is 42.7 Å². The number of hydrogen-bond donors (Lipinski definition) is 1. The molecule has 4 nitrogen and oxygen atoms in total. The van der Waals surface area contributed by atoms with Crippen LogP contribution in [0.25, 0.3) is 0 Å². The van der Waals surface area contributed by atoms with Gasteiger partial charge in [-0.3, -0.25) is 9.59 Å². The van der Waals surface area contributed by atoms with E-state index in [1.54, 1.807) is 23.1 Å². The molecule has 184 valence electrons. The zero-order chi connectivity index (χ0) is 25.2. The number of benzene rings is 3. The molecule has 0 saturated carbocycles. The van der Waals surface area contributed by atoms with Crippen LogP contribution in [0.2, 0.25) is 10.0 Å². The van der Waals surface area contributed by atoms with E-state index >= 15 is 0 Å². The first-order chi connectivity index (χ1) is 16.9. The fraction of sp³-hybridized carbons (Fsp3) is 0.286. The zero-order valence-corrected chi connectivity index (χ0v) is 22.3. The average molecular weight is 530 g/mol. The monoisotopic (exact) mass is 528 g/mol. The topological polar surface area (TPSA) is 49.4 Å². The van der Waals surface area contributed by atoms with Crippen LogP contribution in [0.4, 0.5) is 0 Å². The highest BCUT2D eigenvalue weighted by atomic mass is 35.5. The Morgan fingerprint density at radius 2 is 1.60 bits per heavy atom. The van der Waals surface area contributed by atoms with Crippen LogP contribution in [-0.2, 0) is 28.3 Å². The molecule has 0 aliphatic carbocycles. The standard InChI is InChI=1S/C28H30Cl2N2O2S/c1-3-31-28(34)26(16-21-10-5-4-6-11-21)32(17-22-12-7-9-20(2)15-22)27(33)19-35-18-23-24(29)13-8-14-25(23)30/h4-15,26H,3,16-19H2,1-2H3,(H,31,34)/t26-/m0/s1. The Kier molecular flexibility index (Phi) is 10.5. The van der Waals surface area contributed by atoms with E-state index in [9.17, 15) is 9.59 Å². The van der Waals surface area contributed by atoms with Crippen LogP contribution in [0.15, 0.2) is 72.8 Å². The molecule has 7 heteroatoms. The van der Waals surface area contributed by atoms with Crippen molar-refractivity contribution in [1.29, 1.82) is 0 Å². The molecule has 0 heterocycles. The summed E-state index contributed by atoms with van der Waals surface area (Å²) < 4.78 is 0. The van der Waals surface area contributed by atoms with Gasteiger partial charge in [-0.15, -0.1) is 11.8 Å². The average Bonchev–Trinajstić information content (AvgIpc) is 2.84. The molecule has 0 bridgehead atoms. The number of nitrogens with zero attached hydrogens (tertiary/aromatic N) is 1. The zero-order valence-electron chi connectivity index (χ0n) is 20.0. The lowest BCUT2D eigenvalue weighted by Gasteiger charge is -2.31. The Morgan fingerprint density at radius 1 is 0.943 bits per heavy atom. The minimum Gasteiger partial charge on any atom is -0.355 e. The molecule has 0 aliphatic heterocycles. The molecule has 3 rings (SSSR count). The summed E-state index contributed by atoms with van der Waals surface area (Å²) in [6.45, 7) is 4.75. The maximum absolute atomic E-state index is 13.6. The van der Waals surface area contributed by atoms with Crippen LogP contribution in [0.1, 0.15) is 29.2 Å². The fourth-order valence-electron chi connectivity index (χ4n) is 3.85. The lowest BCUT2D eigenvalue weighted by atomic mass is 10.0. The number of nitrogens with one attached hydrogen (secondary N) is 1. The minimum absolute atomic E-state index is 0.105. The van der Waals surface area contributed by atoms with Crippen LogP contribution >= 0.6 is 35.0 Å². The van der Waals surface area contributed by atoms with E-state index in [0.717, 1.165) is 22.3 Å². The number of rotatable bonds is 11. The molecule has 3 aromatic carbocycles. The number of hydrogen-bond acceptors (Lipinski definition) is 3. The van der Waals surface area contributed by atoms with E-state index in [1.807, 2.05) is 68.4 Å². The summed E-state index contributed by atoms with van der Waals surface area (Å²) >= 11 is 14.0. The SMILES string of the molecule is CCNC(=O)[C@H](Cc1ccccc1)N(Cc1cccc(C)c1)C(=O)CSCc1c(Cl)cccc1Cl. The van der Waals surface area contributed by atoms with Crippen LogP contribution in [0.3, 0.4) is 0 Å². The van der Waals surface area contributed by atoms with Gasteiger partial charge in [0.1, 0.15) is 6.04 Å². The van der Waals surface area contributed by atoms with Crippen molar-refractivity contribution >= 4 is 46.8 Å². The molecule has 0 aliphatic rings. The normalized spacial score (nSPS) is 11.7. The predicted molar refractivity (Wildman–Crippen MR) is 147 cm³/mol. The summed E-state index contributed by atoms with van der Waals surface area (Å²) in [5, 5.41) is 4.08. The van der Waals surface area contributed by atoms with Crippen molar-refractivity contribution in [3.63, 3.8) is 0 Å². The number of halogens is 2. The second kappa shape index (κ2) is 13.6. The van der Waals surface area contributed by atoms with Crippen molar-refractivity contribution in [2.75, 3.05) is 12.3 Å². The van der Waals surface area contributed by atoms with Gasteiger partial charge in [0.25, 0.3) is 0 Å². The summed E-state index contributed by atoms with van der Waals surface area (Å²) in [4.78, 5) is 28.5. The van der Waals surface area contributed by atoms with E-state index in [0.29, 0.717) is 35.3 Å². The smallest absolute Gasteiger partial charge is 0.243 e. The maximum atomic E-state index is 13.6. The molecule has 35 heavy (non-hydrogen) atoms. The van der Waals surface area contributed by atoms with Crippen molar-refractivity contribution < 1.29 is 9.59 Å². The number of carbonyl (C=O) groups is 2. The van der Waals surface area contributed by atoms with Crippen LogP contribution in [0, 0.1) is 6.92 Å². The second-order valence-corrected chi connectivity index (χ2v) is 10.1. The van der Waals surface area contributed by atoms with E-state index in [1.165, 1.54) is 11.8 Å². The van der Waals surface area contributed by atoms with Gasteiger partial charge in [0.05, 0.1) is 5.75 Å². The highest BCUT2D eigenvalue weighted by molar-refractivity contribution is 7.99. The van der Waals surface area contributed by atoms with Crippen LogP contribution < -0.4 is 5.32 Å². The molecular formula is C28H30Cl2N2O2S. The molecule has 0 unspecified atom stereocenters. The second-order valence-electron chi connectivity index (χ2n) is 8.30. The van der Waals surface area contributed by atoms with Gasteiger partial charge >= 0.3 is 0 Å². The molecule has 1 N–H and O–H groups in total. The van der Waals surface area contributed by atoms with E-state index in [2.05, 4.69) is 5.32 Å². The molecule has 0 fully saturated rings. The Balaban J connectivity index is 1.85. The van der Waals surface area contributed by atoms with E-state index < -0.39 is 6.04 Å². The molecular weight excluding hydrogens is 499 g/mol. The van der Waals surface area contributed by atoms with Crippen LogP contribution in [0.5, 0.6) is 0 Å². The van der Waals surface area contributed by atoms with Gasteiger partial charge in [-0.2, -0.15) is 0 Å². The summed E-state index contributed by atoms with van der Waals surface area (Å²) in [5.74, 6) is 0.453. The number of likely N-dealkylation sites (N-methyl/N-ethyl adjacent to an activating group) is 1. The minimum atomic E-state index is -0.630. The van der Waals surface area contributed by atoms with Gasteiger partial charge in [0.15, 0.2) is 0 Å². The predicted octanol–water partition coefficient (Wildman–Crippen LogP) is 6.31. The number of aryl methyl sites for hydroxylation is 1. The first-order valence-corrected chi connectivity index (χ1v) is 13.5. The number of amides is 2. The Hall–Kier alpha value is -2.47. The molecule has 0 spiro atoms. The van der Waals surface area contributed by atoms with Gasteiger partial charge in [0.2, 0.25) is 11.8 Å². The fourth-order valence-corrected chi connectivity index (χ4v) is 5.49. The van der Waals surface area contributed by atoms with Gasteiger partial charge in [0, 0.05) is 35.3 Å².